The van der Waals surface area contributed by atoms with Gasteiger partial charge in [-0.25, -0.2) is 9.78 Å². The number of nitrogens with one attached hydrogen (secondary N) is 1. The molecule has 0 aliphatic heterocycles. The number of para-hydroxylation sites is 2. The summed E-state index contributed by atoms with van der Waals surface area (Å²) in [6.45, 7) is 1.44. The number of anilines is 1. The van der Waals surface area contributed by atoms with Gasteiger partial charge in [-0.2, -0.15) is 0 Å². The molecular weight excluding hydrogens is 377 g/mol. The van der Waals surface area contributed by atoms with E-state index in [-0.39, 0.29) is 5.69 Å². The van der Waals surface area contributed by atoms with Gasteiger partial charge in [0.25, 0.3) is 5.91 Å². The Morgan fingerprint density at radius 2 is 1.85 bits per heavy atom. The van der Waals surface area contributed by atoms with Crippen molar-refractivity contribution in [3.8, 4) is 0 Å². The molecule has 1 heterocycles. The van der Waals surface area contributed by atoms with E-state index in [4.69, 9.17) is 27.9 Å². The van der Waals surface area contributed by atoms with Gasteiger partial charge in [0.2, 0.25) is 0 Å². The molecule has 1 atom stereocenters. The predicted octanol–water partition coefficient (Wildman–Crippen LogP) is 4.12. The molecule has 1 unspecified atom stereocenters. The number of hydrogen-bond acceptors (Lipinski definition) is 5. The smallest absolute Gasteiger partial charge is 0.359 e. The molecule has 1 aromatic heterocycles. The van der Waals surface area contributed by atoms with Gasteiger partial charge >= 0.3 is 5.97 Å². The van der Waals surface area contributed by atoms with Crippen LogP contribution >= 0.6 is 23.2 Å². The third kappa shape index (κ3) is 4.09. The van der Waals surface area contributed by atoms with Crippen molar-refractivity contribution in [1.29, 1.82) is 0 Å². The molecule has 3 rings (SSSR count). The molecule has 8 heteroatoms. The lowest BCUT2D eigenvalue weighted by Gasteiger charge is -2.14. The molecule has 0 spiro atoms. The van der Waals surface area contributed by atoms with E-state index < -0.39 is 18.0 Å². The van der Waals surface area contributed by atoms with Crippen LogP contribution in [0.2, 0.25) is 10.0 Å². The second kappa shape index (κ2) is 7.68. The van der Waals surface area contributed by atoms with Crippen molar-refractivity contribution in [2.45, 2.75) is 13.0 Å². The summed E-state index contributed by atoms with van der Waals surface area (Å²) in [7, 11) is 0. The quantitative estimate of drug-likeness (QED) is 0.678. The van der Waals surface area contributed by atoms with E-state index >= 15 is 0 Å². The maximum Gasteiger partial charge on any atom is 0.359 e. The molecule has 0 aliphatic carbocycles. The Kier molecular flexibility index (Phi) is 5.35. The van der Waals surface area contributed by atoms with E-state index in [1.165, 1.54) is 19.2 Å². The summed E-state index contributed by atoms with van der Waals surface area (Å²) in [5.74, 6) is -1.29. The van der Waals surface area contributed by atoms with Crippen LogP contribution in [0.15, 0.2) is 48.7 Å². The Morgan fingerprint density at radius 1 is 1.12 bits per heavy atom. The molecule has 1 N–H and O–H groups in total. The molecule has 0 saturated heterocycles. The Balaban J connectivity index is 1.69. The first-order valence-electron chi connectivity index (χ1n) is 7.63. The van der Waals surface area contributed by atoms with E-state index in [1.54, 1.807) is 30.3 Å². The minimum Gasteiger partial charge on any atom is -0.448 e. The highest BCUT2D eigenvalue weighted by Crippen LogP contribution is 2.25. The summed E-state index contributed by atoms with van der Waals surface area (Å²) < 4.78 is 5.16. The van der Waals surface area contributed by atoms with Crippen molar-refractivity contribution in [1.82, 2.24) is 9.97 Å². The summed E-state index contributed by atoms with van der Waals surface area (Å²) in [5.41, 5.74) is 1.57. The zero-order chi connectivity index (χ0) is 18.7. The van der Waals surface area contributed by atoms with Crippen molar-refractivity contribution in [2.75, 3.05) is 5.32 Å². The SMILES string of the molecule is CC(OC(=O)c1cnc2ccccc2n1)C(=O)Nc1cc(Cl)ccc1Cl. The Labute approximate surface area is 159 Å². The largest absolute Gasteiger partial charge is 0.448 e. The molecule has 0 radical (unpaired) electrons. The summed E-state index contributed by atoms with van der Waals surface area (Å²) in [6.07, 6.45) is 0.245. The Morgan fingerprint density at radius 3 is 2.62 bits per heavy atom. The maximum atomic E-state index is 12.2. The second-order valence-electron chi connectivity index (χ2n) is 5.40. The number of nitrogens with zero attached hydrogens (tertiary/aromatic N) is 2. The molecule has 0 saturated carbocycles. The summed E-state index contributed by atoms with van der Waals surface area (Å²) in [4.78, 5) is 32.8. The van der Waals surface area contributed by atoms with Crippen LogP contribution < -0.4 is 5.32 Å². The van der Waals surface area contributed by atoms with Gasteiger partial charge in [-0.1, -0.05) is 35.3 Å². The van der Waals surface area contributed by atoms with Gasteiger partial charge in [0.1, 0.15) is 0 Å². The summed E-state index contributed by atoms with van der Waals surface area (Å²) in [5, 5.41) is 3.31. The van der Waals surface area contributed by atoms with Gasteiger partial charge in [0.15, 0.2) is 11.8 Å². The first kappa shape index (κ1) is 18.1. The fourth-order valence-electron chi connectivity index (χ4n) is 2.16. The summed E-state index contributed by atoms with van der Waals surface area (Å²) in [6, 6.07) is 11.8. The van der Waals surface area contributed by atoms with E-state index in [9.17, 15) is 9.59 Å². The Bertz CT molecular complexity index is 994. The standard InChI is InChI=1S/C18H13Cl2N3O3/c1-10(17(24)23-15-8-11(19)6-7-12(15)20)26-18(25)16-9-21-13-4-2-3-5-14(13)22-16/h2-10H,1H3,(H,23,24). The summed E-state index contributed by atoms with van der Waals surface area (Å²) >= 11 is 11.9. The highest BCUT2D eigenvalue weighted by atomic mass is 35.5. The third-order valence-corrected chi connectivity index (χ3v) is 4.06. The number of fused-ring (bicyclic) bond motifs is 1. The van der Waals surface area contributed by atoms with Crippen LogP contribution in [-0.2, 0) is 9.53 Å². The normalized spacial score (nSPS) is 11.8. The highest BCUT2D eigenvalue weighted by molar-refractivity contribution is 6.35. The van der Waals surface area contributed by atoms with Gasteiger partial charge < -0.3 is 10.1 Å². The molecular formula is C18H13Cl2N3O3. The van der Waals surface area contributed by atoms with Crippen molar-refractivity contribution < 1.29 is 14.3 Å². The molecule has 0 bridgehead atoms. The number of ether oxygens (including phenoxy) is 1. The van der Waals surface area contributed by atoms with Crippen LogP contribution in [-0.4, -0.2) is 27.9 Å². The molecule has 3 aromatic rings. The average Bonchev–Trinajstić information content (AvgIpc) is 2.64. The molecule has 132 valence electrons. The lowest BCUT2D eigenvalue weighted by molar-refractivity contribution is -0.123. The lowest BCUT2D eigenvalue weighted by atomic mass is 10.3. The number of halogens is 2. The molecule has 0 aliphatic rings. The number of carbonyl (C=O) groups is 2. The topological polar surface area (TPSA) is 81.2 Å². The highest BCUT2D eigenvalue weighted by Gasteiger charge is 2.21. The number of benzene rings is 2. The van der Waals surface area contributed by atoms with Gasteiger partial charge in [-0.3, -0.25) is 9.78 Å². The Hall–Kier alpha value is -2.70. The van der Waals surface area contributed by atoms with Crippen molar-refractivity contribution in [3.63, 3.8) is 0 Å². The van der Waals surface area contributed by atoms with Gasteiger partial charge in [0, 0.05) is 5.02 Å². The van der Waals surface area contributed by atoms with Crippen LogP contribution in [0, 0.1) is 0 Å². The van der Waals surface area contributed by atoms with Gasteiger partial charge in [0.05, 0.1) is 27.9 Å². The zero-order valence-corrected chi connectivity index (χ0v) is 15.1. The number of amides is 1. The van der Waals surface area contributed by atoms with E-state index in [1.807, 2.05) is 6.07 Å². The van der Waals surface area contributed by atoms with Gasteiger partial charge in [-0.15, -0.1) is 0 Å². The number of aromatic nitrogens is 2. The van der Waals surface area contributed by atoms with Crippen LogP contribution in [0.1, 0.15) is 17.4 Å². The van der Waals surface area contributed by atoms with Crippen LogP contribution in [0.4, 0.5) is 5.69 Å². The number of rotatable bonds is 4. The molecule has 1 amide bonds. The van der Waals surface area contributed by atoms with Crippen molar-refractivity contribution in [3.05, 3.63) is 64.4 Å². The molecule has 26 heavy (non-hydrogen) atoms. The monoisotopic (exact) mass is 389 g/mol. The minimum atomic E-state index is -1.06. The number of esters is 1. The van der Waals surface area contributed by atoms with E-state index in [0.717, 1.165) is 0 Å². The van der Waals surface area contributed by atoms with Crippen LogP contribution in [0.3, 0.4) is 0 Å². The third-order valence-electron chi connectivity index (χ3n) is 3.50. The lowest BCUT2D eigenvalue weighted by Crippen LogP contribution is -2.30. The fourth-order valence-corrected chi connectivity index (χ4v) is 2.49. The maximum absolute atomic E-state index is 12.2. The average molecular weight is 390 g/mol. The molecule has 6 nitrogen and oxygen atoms in total. The van der Waals surface area contributed by atoms with E-state index in [2.05, 4.69) is 15.3 Å². The minimum absolute atomic E-state index is 0.0177. The molecule has 2 aromatic carbocycles. The predicted molar refractivity (Wildman–Crippen MR) is 99.5 cm³/mol. The zero-order valence-electron chi connectivity index (χ0n) is 13.6. The first-order valence-corrected chi connectivity index (χ1v) is 8.38. The molecule has 0 fully saturated rings. The van der Waals surface area contributed by atoms with Crippen LogP contribution in [0.5, 0.6) is 0 Å². The van der Waals surface area contributed by atoms with Crippen molar-refractivity contribution >= 4 is 51.8 Å². The fraction of sp³-hybridized carbons (Fsp3) is 0.111. The second-order valence-corrected chi connectivity index (χ2v) is 6.25. The number of carbonyl (C=O) groups excluding carboxylic acids is 2. The first-order chi connectivity index (χ1) is 12.4. The van der Waals surface area contributed by atoms with Gasteiger partial charge in [-0.05, 0) is 37.3 Å². The van der Waals surface area contributed by atoms with Crippen molar-refractivity contribution in [2.24, 2.45) is 0 Å². The van der Waals surface area contributed by atoms with Crippen LogP contribution in [0.25, 0.3) is 11.0 Å². The number of hydrogen-bond donors (Lipinski definition) is 1. The van der Waals surface area contributed by atoms with E-state index in [0.29, 0.717) is 26.8 Å².